The molecule has 102 valence electrons. The van der Waals surface area contributed by atoms with Crippen LogP contribution in [-0.2, 0) is 0 Å². The van der Waals surface area contributed by atoms with E-state index in [9.17, 15) is 4.39 Å². The van der Waals surface area contributed by atoms with E-state index in [4.69, 9.17) is 11.5 Å². The molecule has 4 nitrogen and oxygen atoms in total. The second-order valence-corrected chi connectivity index (χ2v) is 4.35. The molecule has 0 aliphatic heterocycles. The van der Waals surface area contributed by atoms with Gasteiger partial charge in [0.05, 0.1) is 6.21 Å². The number of guanidine groups is 1. The lowest BCUT2D eigenvalue weighted by atomic mass is 9.99. The Morgan fingerprint density at radius 2 is 1.80 bits per heavy atom. The van der Waals surface area contributed by atoms with E-state index in [1.807, 2.05) is 31.2 Å². The number of nitrogens with zero attached hydrogens (tertiary/aromatic N) is 2. The third-order valence-electron chi connectivity index (χ3n) is 2.80. The molecule has 2 aromatic carbocycles. The summed E-state index contributed by atoms with van der Waals surface area (Å²) in [5.41, 5.74) is 14.0. The van der Waals surface area contributed by atoms with Crippen LogP contribution in [0.25, 0.3) is 11.1 Å². The molecular formula is C15H15FN4. The molecule has 0 radical (unpaired) electrons. The van der Waals surface area contributed by atoms with Crippen LogP contribution in [0.2, 0.25) is 0 Å². The zero-order chi connectivity index (χ0) is 14.5. The number of hydrogen-bond donors (Lipinski definition) is 2. The number of hydrogen-bond acceptors (Lipinski definition) is 2. The van der Waals surface area contributed by atoms with Crippen molar-refractivity contribution in [3.05, 3.63) is 59.4 Å². The van der Waals surface area contributed by atoms with Gasteiger partial charge in [-0.3, -0.25) is 0 Å². The maximum absolute atomic E-state index is 13.3. The molecule has 0 aliphatic rings. The minimum absolute atomic E-state index is 0.0896. The fourth-order valence-electron chi connectivity index (χ4n) is 1.82. The van der Waals surface area contributed by atoms with Gasteiger partial charge >= 0.3 is 0 Å². The Kier molecular flexibility index (Phi) is 4.10. The van der Waals surface area contributed by atoms with Crippen molar-refractivity contribution in [1.29, 1.82) is 0 Å². The van der Waals surface area contributed by atoms with E-state index in [-0.39, 0.29) is 11.8 Å². The van der Waals surface area contributed by atoms with Crippen LogP contribution in [0.4, 0.5) is 4.39 Å². The summed E-state index contributed by atoms with van der Waals surface area (Å²) in [6.45, 7) is 1.95. The van der Waals surface area contributed by atoms with Crippen LogP contribution in [0.1, 0.15) is 11.1 Å². The topological polar surface area (TPSA) is 76.8 Å². The Morgan fingerprint density at radius 1 is 1.10 bits per heavy atom. The maximum atomic E-state index is 13.3. The fourth-order valence-corrected chi connectivity index (χ4v) is 1.82. The van der Waals surface area contributed by atoms with Crippen molar-refractivity contribution < 1.29 is 4.39 Å². The molecule has 0 aromatic heterocycles. The molecule has 0 bridgehead atoms. The highest BCUT2D eigenvalue weighted by Gasteiger charge is 2.03. The number of halogens is 1. The van der Waals surface area contributed by atoms with E-state index in [1.54, 1.807) is 12.3 Å². The Bertz CT molecular complexity index is 656. The van der Waals surface area contributed by atoms with Gasteiger partial charge in [0.25, 0.3) is 0 Å². The lowest BCUT2D eigenvalue weighted by Crippen LogP contribution is -2.21. The predicted octanol–water partition coefficient (Wildman–Crippen LogP) is 2.41. The van der Waals surface area contributed by atoms with Crippen LogP contribution in [0.5, 0.6) is 0 Å². The molecule has 0 aliphatic carbocycles. The van der Waals surface area contributed by atoms with Gasteiger partial charge in [-0.05, 0) is 41.3 Å². The highest BCUT2D eigenvalue weighted by atomic mass is 19.1. The van der Waals surface area contributed by atoms with Crippen molar-refractivity contribution in [3.8, 4) is 11.1 Å². The molecule has 4 N–H and O–H groups in total. The molecule has 5 heteroatoms. The summed E-state index contributed by atoms with van der Waals surface area (Å²) in [4.78, 5) is 0. The molecule has 0 amide bonds. The Hall–Kier alpha value is -2.69. The first-order valence-electron chi connectivity index (χ1n) is 6.05. The van der Waals surface area contributed by atoms with Gasteiger partial charge in [-0.15, -0.1) is 5.10 Å². The van der Waals surface area contributed by atoms with E-state index in [2.05, 4.69) is 10.2 Å². The monoisotopic (exact) mass is 270 g/mol. The molecule has 0 unspecified atom stereocenters. The summed E-state index contributed by atoms with van der Waals surface area (Å²) in [7, 11) is 0. The second-order valence-electron chi connectivity index (χ2n) is 4.35. The van der Waals surface area contributed by atoms with Crippen molar-refractivity contribution >= 4 is 12.2 Å². The van der Waals surface area contributed by atoms with Gasteiger partial charge in [0.15, 0.2) is 0 Å². The van der Waals surface area contributed by atoms with Gasteiger partial charge in [-0.2, -0.15) is 5.10 Å². The molecule has 0 saturated carbocycles. The minimum Gasteiger partial charge on any atom is -0.369 e. The third kappa shape index (κ3) is 3.41. The van der Waals surface area contributed by atoms with Gasteiger partial charge in [0.2, 0.25) is 5.96 Å². The van der Waals surface area contributed by atoms with Crippen LogP contribution in [-0.4, -0.2) is 12.2 Å². The van der Waals surface area contributed by atoms with Crippen molar-refractivity contribution in [2.45, 2.75) is 6.92 Å². The van der Waals surface area contributed by atoms with Crippen molar-refractivity contribution in [2.24, 2.45) is 21.7 Å². The second kappa shape index (κ2) is 5.97. The zero-order valence-electron chi connectivity index (χ0n) is 11.0. The summed E-state index contributed by atoms with van der Waals surface area (Å²) in [5, 5.41) is 7.25. The molecule has 20 heavy (non-hydrogen) atoms. The van der Waals surface area contributed by atoms with Gasteiger partial charge in [0, 0.05) is 0 Å². The molecule has 0 heterocycles. The molecular weight excluding hydrogens is 255 g/mol. The van der Waals surface area contributed by atoms with Gasteiger partial charge in [0.1, 0.15) is 5.82 Å². The summed E-state index contributed by atoms with van der Waals surface area (Å²) >= 11 is 0. The first kappa shape index (κ1) is 13.7. The van der Waals surface area contributed by atoms with Gasteiger partial charge < -0.3 is 11.5 Å². The molecule has 2 aromatic rings. The van der Waals surface area contributed by atoms with E-state index in [0.29, 0.717) is 0 Å². The summed E-state index contributed by atoms with van der Waals surface area (Å²) in [6.07, 6.45) is 1.54. The molecule has 0 atom stereocenters. The number of aryl methyl sites for hydroxylation is 1. The van der Waals surface area contributed by atoms with Crippen molar-refractivity contribution in [1.82, 2.24) is 0 Å². The average Bonchev–Trinajstić information content (AvgIpc) is 2.42. The minimum atomic E-state index is -0.246. The molecule has 2 rings (SSSR count). The van der Waals surface area contributed by atoms with Crippen molar-refractivity contribution in [3.63, 3.8) is 0 Å². The number of nitrogens with two attached hydrogens (primary N) is 2. The van der Waals surface area contributed by atoms with Crippen LogP contribution >= 0.6 is 0 Å². The summed E-state index contributed by atoms with van der Waals surface area (Å²) in [6, 6.07) is 12.3. The standard InChI is InChI=1S/C15H15FN4/c1-10-2-7-13(16)8-14(10)12-5-3-11(4-6-12)9-19-20-15(17)18/h2-9H,1H3,(H4,17,18,20). The van der Waals surface area contributed by atoms with Gasteiger partial charge in [-0.1, -0.05) is 30.3 Å². The number of benzene rings is 2. The first-order chi connectivity index (χ1) is 9.56. The SMILES string of the molecule is Cc1ccc(F)cc1-c1ccc(C=NN=C(N)N)cc1. The predicted molar refractivity (Wildman–Crippen MR) is 80.0 cm³/mol. The Morgan fingerprint density at radius 3 is 2.45 bits per heavy atom. The van der Waals surface area contributed by atoms with Crippen LogP contribution in [0, 0.1) is 12.7 Å². The largest absolute Gasteiger partial charge is 0.369 e. The maximum Gasteiger partial charge on any atom is 0.211 e. The van der Waals surface area contributed by atoms with Crippen molar-refractivity contribution in [2.75, 3.05) is 0 Å². The lowest BCUT2D eigenvalue weighted by molar-refractivity contribution is 0.628. The van der Waals surface area contributed by atoms with E-state index in [1.165, 1.54) is 12.1 Å². The fraction of sp³-hybridized carbons (Fsp3) is 0.0667. The quantitative estimate of drug-likeness (QED) is 0.510. The highest BCUT2D eigenvalue weighted by molar-refractivity contribution is 5.82. The van der Waals surface area contributed by atoms with Crippen LogP contribution < -0.4 is 11.5 Å². The average molecular weight is 270 g/mol. The Labute approximate surface area is 116 Å². The van der Waals surface area contributed by atoms with Gasteiger partial charge in [-0.25, -0.2) is 4.39 Å². The summed E-state index contributed by atoms with van der Waals surface area (Å²) in [5.74, 6) is -0.336. The number of rotatable bonds is 3. The third-order valence-corrected chi connectivity index (χ3v) is 2.80. The molecule has 0 fully saturated rings. The van der Waals surface area contributed by atoms with Crippen LogP contribution in [0.15, 0.2) is 52.7 Å². The highest BCUT2D eigenvalue weighted by Crippen LogP contribution is 2.24. The Balaban J connectivity index is 2.26. The van der Waals surface area contributed by atoms with Crippen LogP contribution in [0.3, 0.4) is 0 Å². The normalized spacial score (nSPS) is 10.7. The van der Waals surface area contributed by atoms with E-state index < -0.39 is 0 Å². The molecule has 0 spiro atoms. The lowest BCUT2D eigenvalue weighted by Gasteiger charge is -2.06. The van der Waals surface area contributed by atoms with E-state index in [0.717, 1.165) is 22.3 Å². The first-order valence-corrected chi connectivity index (χ1v) is 6.05. The zero-order valence-corrected chi connectivity index (χ0v) is 11.0. The smallest absolute Gasteiger partial charge is 0.211 e. The molecule has 0 saturated heterocycles. The van der Waals surface area contributed by atoms with E-state index >= 15 is 0 Å². The summed E-state index contributed by atoms with van der Waals surface area (Å²) < 4.78 is 13.3.